The number of rotatable bonds is 5. The molecule has 0 saturated heterocycles. The van der Waals surface area contributed by atoms with Gasteiger partial charge in [0.2, 0.25) is 0 Å². The Hall–Kier alpha value is -0.630. The monoisotopic (exact) mass is 238 g/mol. The Morgan fingerprint density at radius 1 is 1.25 bits per heavy atom. The van der Waals surface area contributed by atoms with E-state index in [-0.39, 0.29) is 0 Å². The van der Waals surface area contributed by atoms with E-state index in [1.807, 2.05) is 6.92 Å². The second-order valence-electron chi connectivity index (χ2n) is 4.32. The smallest absolute Gasteiger partial charge is 0.119 e. The second kappa shape index (κ2) is 6.19. The van der Waals surface area contributed by atoms with Crippen molar-refractivity contribution in [1.29, 1.82) is 0 Å². The maximum Gasteiger partial charge on any atom is 0.119 e. The van der Waals surface area contributed by atoms with Crippen molar-refractivity contribution >= 4 is 12.6 Å². The Bertz CT molecular complexity index is 324. The van der Waals surface area contributed by atoms with E-state index < -0.39 is 0 Å². The van der Waals surface area contributed by atoms with E-state index in [1.54, 1.807) is 0 Å². The van der Waals surface area contributed by atoms with Crippen LogP contribution in [0.15, 0.2) is 12.1 Å². The van der Waals surface area contributed by atoms with Crippen molar-refractivity contribution in [3.05, 3.63) is 28.8 Å². The molecule has 0 aliphatic carbocycles. The summed E-state index contributed by atoms with van der Waals surface area (Å²) in [6.45, 7) is 9.35. The van der Waals surface area contributed by atoms with E-state index in [1.165, 1.54) is 16.7 Å². The van der Waals surface area contributed by atoms with Gasteiger partial charge >= 0.3 is 0 Å². The maximum atomic E-state index is 5.55. The quantitative estimate of drug-likeness (QED) is 0.759. The van der Waals surface area contributed by atoms with Crippen molar-refractivity contribution in [3.63, 3.8) is 0 Å². The van der Waals surface area contributed by atoms with Crippen molar-refractivity contribution in [3.8, 4) is 5.75 Å². The Morgan fingerprint density at radius 2 is 1.81 bits per heavy atom. The van der Waals surface area contributed by atoms with Crippen molar-refractivity contribution in [2.24, 2.45) is 0 Å². The number of hydrogen-bond acceptors (Lipinski definition) is 2. The van der Waals surface area contributed by atoms with Gasteiger partial charge in [0.15, 0.2) is 0 Å². The third kappa shape index (κ3) is 3.18. The van der Waals surface area contributed by atoms with Gasteiger partial charge in [0.05, 0.1) is 6.61 Å². The van der Waals surface area contributed by atoms with Crippen LogP contribution < -0.4 is 4.74 Å². The lowest BCUT2D eigenvalue weighted by molar-refractivity contribution is 0.339. The molecule has 1 aromatic carbocycles. The lowest BCUT2D eigenvalue weighted by Gasteiger charge is -2.18. The van der Waals surface area contributed by atoms with Crippen LogP contribution in [0, 0.1) is 13.8 Å². The molecule has 2 heteroatoms. The first-order valence-corrected chi connectivity index (χ1v) is 6.58. The number of hydrogen-bond donors (Lipinski definition) is 1. The SMILES string of the molecule is CCOc1cc(C)c(C(C)CCS)c(C)c1. The average molecular weight is 238 g/mol. The number of benzene rings is 1. The van der Waals surface area contributed by atoms with E-state index in [0.29, 0.717) is 5.92 Å². The zero-order valence-electron chi connectivity index (χ0n) is 10.7. The molecule has 1 unspecified atom stereocenters. The molecule has 0 fully saturated rings. The lowest BCUT2D eigenvalue weighted by Crippen LogP contribution is -2.02. The molecule has 0 heterocycles. The van der Waals surface area contributed by atoms with Crippen LogP contribution in [0.2, 0.25) is 0 Å². The van der Waals surface area contributed by atoms with Crippen LogP contribution in [0.1, 0.15) is 42.9 Å². The second-order valence-corrected chi connectivity index (χ2v) is 4.76. The van der Waals surface area contributed by atoms with Crippen LogP contribution in [0.4, 0.5) is 0 Å². The summed E-state index contributed by atoms with van der Waals surface area (Å²) in [7, 11) is 0. The van der Waals surface area contributed by atoms with E-state index in [2.05, 4.69) is 45.5 Å². The highest BCUT2D eigenvalue weighted by Crippen LogP contribution is 2.30. The number of ether oxygens (including phenoxy) is 1. The van der Waals surface area contributed by atoms with Crippen LogP contribution in [0.25, 0.3) is 0 Å². The Labute approximate surface area is 105 Å². The van der Waals surface area contributed by atoms with E-state index in [9.17, 15) is 0 Å². The van der Waals surface area contributed by atoms with Gasteiger partial charge in [-0.1, -0.05) is 6.92 Å². The van der Waals surface area contributed by atoms with Gasteiger partial charge in [-0.2, -0.15) is 12.6 Å². The summed E-state index contributed by atoms with van der Waals surface area (Å²) in [6.07, 6.45) is 1.12. The summed E-state index contributed by atoms with van der Waals surface area (Å²) in [5, 5.41) is 0. The van der Waals surface area contributed by atoms with Crippen LogP contribution in [-0.4, -0.2) is 12.4 Å². The standard InChI is InChI=1S/C14H22OS/c1-5-15-13-8-11(3)14(12(4)9-13)10(2)6-7-16/h8-10,16H,5-7H2,1-4H3. The molecule has 0 amide bonds. The molecular formula is C14H22OS. The van der Waals surface area contributed by atoms with Gasteiger partial charge in [0.25, 0.3) is 0 Å². The van der Waals surface area contributed by atoms with Crippen LogP contribution in [-0.2, 0) is 0 Å². The highest BCUT2D eigenvalue weighted by molar-refractivity contribution is 7.80. The summed E-state index contributed by atoms with van der Waals surface area (Å²) in [6, 6.07) is 4.28. The largest absolute Gasteiger partial charge is 0.494 e. The summed E-state index contributed by atoms with van der Waals surface area (Å²) < 4.78 is 5.55. The van der Waals surface area contributed by atoms with E-state index in [0.717, 1.165) is 24.5 Å². The van der Waals surface area contributed by atoms with Gasteiger partial charge in [-0.05, 0) is 67.7 Å². The van der Waals surface area contributed by atoms with Gasteiger partial charge in [-0.15, -0.1) is 0 Å². The average Bonchev–Trinajstić information content (AvgIpc) is 2.17. The highest BCUT2D eigenvalue weighted by atomic mass is 32.1. The lowest BCUT2D eigenvalue weighted by atomic mass is 9.90. The third-order valence-electron chi connectivity index (χ3n) is 2.93. The number of aryl methyl sites for hydroxylation is 2. The predicted octanol–water partition coefficient (Wildman–Crippen LogP) is 4.13. The number of thiol groups is 1. The minimum absolute atomic E-state index is 0.577. The molecule has 1 atom stereocenters. The van der Waals surface area contributed by atoms with E-state index >= 15 is 0 Å². The molecule has 1 rings (SSSR count). The molecular weight excluding hydrogens is 216 g/mol. The molecule has 1 nitrogen and oxygen atoms in total. The fraction of sp³-hybridized carbons (Fsp3) is 0.571. The van der Waals surface area contributed by atoms with Crippen molar-refractivity contribution in [2.75, 3.05) is 12.4 Å². The van der Waals surface area contributed by atoms with Crippen LogP contribution >= 0.6 is 12.6 Å². The summed E-state index contributed by atoms with van der Waals surface area (Å²) in [4.78, 5) is 0. The van der Waals surface area contributed by atoms with Crippen molar-refractivity contribution in [1.82, 2.24) is 0 Å². The minimum atomic E-state index is 0.577. The molecule has 0 aromatic heterocycles. The van der Waals surface area contributed by atoms with Gasteiger partial charge in [-0.25, -0.2) is 0 Å². The molecule has 0 saturated carbocycles. The fourth-order valence-electron chi connectivity index (χ4n) is 2.30. The highest BCUT2D eigenvalue weighted by Gasteiger charge is 2.12. The van der Waals surface area contributed by atoms with Gasteiger partial charge in [0.1, 0.15) is 5.75 Å². The molecule has 0 N–H and O–H groups in total. The summed E-state index contributed by atoms with van der Waals surface area (Å²) >= 11 is 4.31. The van der Waals surface area contributed by atoms with E-state index in [4.69, 9.17) is 4.74 Å². The van der Waals surface area contributed by atoms with Crippen molar-refractivity contribution in [2.45, 2.75) is 40.0 Å². The van der Waals surface area contributed by atoms with Gasteiger partial charge < -0.3 is 4.74 Å². The zero-order valence-corrected chi connectivity index (χ0v) is 11.6. The first-order valence-electron chi connectivity index (χ1n) is 5.95. The fourth-order valence-corrected chi connectivity index (χ4v) is 2.69. The Balaban J connectivity index is 3.02. The molecule has 16 heavy (non-hydrogen) atoms. The normalized spacial score (nSPS) is 12.6. The van der Waals surface area contributed by atoms with Gasteiger partial charge in [-0.3, -0.25) is 0 Å². The third-order valence-corrected chi connectivity index (χ3v) is 3.19. The molecule has 0 spiro atoms. The Morgan fingerprint density at radius 3 is 2.25 bits per heavy atom. The zero-order chi connectivity index (χ0) is 12.1. The molecule has 1 aromatic rings. The van der Waals surface area contributed by atoms with Crippen LogP contribution in [0.5, 0.6) is 5.75 Å². The maximum absolute atomic E-state index is 5.55. The molecule has 90 valence electrons. The Kier molecular flexibility index (Phi) is 5.20. The molecule has 0 radical (unpaired) electrons. The van der Waals surface area contributed by atoms with Gasteiger partial charge in [0, 0.05) is 0 Å². The first-order chi connectivity index (χ1) is 7.60. The minimum Gasteiger partial charge on any atom is -0.494 e. The molecule has 0 bridgehead atoms. The summed E-state index contributed by atoms with van der Waals surface area (Å²) in [5.74, 6) is 2.50. The predicted molar refractivity (Wildman–Crippen MR) is 74.0 cm³/mol. The first kappa shape index (κ1) is 13.4. The van der Waals surface area contributed by atoms with Crippen molar-refractivity contribution < 1.29 is 4.74 Å². The topological polar surface area (TPSA) is 9.23 Å². The molecule has 0 aliphatic rings. The van der Waals surface area contributed by atoms with Crippen LogP contribution in [0.3, 0.4) is 0 Å². The molecule has 0 aliphatic heterocycles. The summed E-state index contributed by atoms with van der Waals surface area (Å²) in [5.41, 5.74) is 4.12.